The summed E-state index contributed by atoms with van der Waals surface area (Å²) in [5.41, 5.74) is 2.03. The summed E-state index contributed by atoms with van der Waals surface area (Å²) in [6, 6.07) is 0. The van der Waals surface area contributed by atoms with Crippen LogP contribution in [-0.4, -0.2) is 32.7 Å². The number of esters is 1. The summed E-state index contributed by atoms with van der Waals surface area (Å²) in [5, 5.41) is 6.67. The molecule has 1 aromatic rings. The molecule has 1 aromatic heterocycles. The Bertz CT molecular complexity index is 413. The molecule has 15 heavy (non-hydrogen) atoms. The van der Waals surface area contributed by atoms with E-state index < -0.39 is 16.8 Å². The van der Waals surface area contributed by atoms with E-state index in [1.807, 2.05) is 0 Å². The zero-order chi connectivity index (χ0) is 10.8. The Hall–Kier alpha value is -1.17. The largest absolute Gasteiger partial charge is 0.461 e. The average molecular weight is 228 g/mol. The highest BCUT2D eigenvalue weighted by atomic mass is 32.2. The second-order valence-corrected chi connectivity index (χ2v) is 4.86. The fourth-order valence-corrected chi connectivity index (χ4v) is 2.74. The monoisotopic (exact) mass is 228 g/mol. The van der Waals surface area contributed by atoms with Gasteiger partial charge in [-0.25, -0.2) is 4.79 Å². The lowest BCUT2D eigenvalue weighted by atomic mass is 10.1. The predicted molar refractivity (Wildman–Crippen MR) is 55.0 cm³/mol. The third-order valence-electron chi connectivity index (χ3n) is 2.31. The van der Waals surface area contributed by atoms with E-state index in [0.29, 0.717) is 30.2 Å². The molecule has 1 unspecified atom stereocenters. The van der Waals surface area contributed by atoms with E-state index in [9.17, 15) is 9.00 Å². The molecule has 0 radical (unpaired) electrons. The first-order chi connectivity index (χ1) is 7.22. The van der Waals surface area contributed by atoms with Crippen LogP contribution in [0.4, 0.5) is 0 Å². The Morgan fingerprint density at radius 3 is 3.20 bits per heavy atom. The van der Waals surface area contributed by atoms with Gasteiger partial charge in [0, 0.05) is 22.1 Å². The molecule has 2 heterocycles. The van der Waals surface area contributed by atoms with Gasteiger partial charge in [0.05, 0.1) is 18.1 Å². The minimum atomic E-state index is -0.829. The second kappa shape index (κ2) is 4.14. The van der Waals surface area contributed by atoms with Crippen molar-refractivity contribution in [3.05, 3.63) is 17.0 Å². The third kappa shape index (κ3) is 1.94. The van der Waals surface area contributed by atoms with Gasteiger partial charge in [0.1, 0.15) is 0 Å². The van der Waals surface area contributed by atoms with Gasteiger partial charge in [0.15, 0.2) is 5.69 Å². The van der Waals surface area contributed by atoms with Crippen molar-refractivity contribution in [2.75, 3.05) is 12.4 Å². The van der Waals surface area contributed by atoms with Gasteiger partial charge in [0.25, 0.3) is 0 Å². The van der Waals surface area contributed by atoms with Crippen LogP contribution in [0.15, 0.2) is 0 Å². The van der Waals surface area contributed by atoms with Crippen molar-refractivity contribution in [1.29, 1.82) is 0 Å². The van der Waals surface area contributed by atoms with E-state index in [4.69, 9.17) is 4.74 Å². The van der Waals surface area contributed by atoms with Gasteiger partial charge >= 0.3 is 5.97 Å². The van der Waals surface area contributed by atoms with E-state index >= 15 is 0 Å². The molecule has 0 amide bonds. The number of rotatable bonds is 2. The molecule has 0 aliphatic carbocycles. The Kier molecular flexibility index (Phi) is 2.86. The number of carbonyl (C=O) groups is 1. The van der Waals surface area contributed by atoms with Crippen LogP contribution in [0, 0.1) is 0 Å². The van der Waals surface area contributed by atoms with Gasteiger partial charge < -0.3 is 4.74 Å². The molecule has 1 atom stereocenters. The summed E-state index contributed by atoms with van der Waals surface area (Å²) in [7, 11) is -0.829. The van der Waals surface area contributed by atoms with Crippen molar-refractivity contribution in [2.24, 2.45) is 0 Å². The zero-order valence-corrected chi connectivity index (χ0v) is 9.23. The molecular weight excluding hydrogens is 216 g/mol. The van der Waals surface area contributed by atoms with E-state index in [2.05, 4.69) is 10.2 Å². The number of hydrogen-bond acceptors (Lipinski definition) is 4. The number of aromatic nitrogens is 2. The first kappa shape index (κ1) is 10.4. The van der Waals surface area contributed by atoms with Crippen LogP contribution < -0.4 is 0 Å². The van der Waals surface area contributed by atoms with E-state index in [1.165, 1.54) is 0 Å². The Morgan fingerprint density at radius 2 is 2.47 bits per heavy atom. The number of fused-ring (bicyclic) bond motifs is 1. The van der Waals surface area contributed by atoms with Crippen molar-refractivity contribution in [1.82, 2.24) is 10.2 Å². The fraction of sp³-hybridized carbons (Fsp3) is 0.556. The summed E-state index contributed by atoms with van der Waals surface area (Å²) in [6.45, 7) is 2.10. The van der Waals surface area contributed by atoms with Crippen LogP contribution in [0.25, 0.3) is 0 Å². The maximum atomic E-state index is 11.5. The number of aromatic amines is 1. The molecule has 1 aliphatic rings. The van der Waals surface area contributed by atoms with Crippen LogP contribution in [0.1, 0.15) is 28.7 Å². The lowest BCUT2D eigenvalue weighted by Gasteiger charge is -2.10. The molecule has 0 aromatic carbocycles. The number of carbonyl (C=O) groups excluding carboxylic acids is 1. The van der Waals surface area contributed by atoms with Crippen LogP contribution in [0.3, 0.4) is 0 Å². The Balaban J connectivity index is 2.28. The van der Waals surface area contributed by atoms with Crippen molar-refractivity contribution in [3.8, 4) is 0 Å². The molecule has 0 spiro atoms. The standard InChI is InChI=1S/C9H12N2O3S/c1-2-14-9(12)8-6-3-4-15(13)5-7(6)10-11-8/h2-5H2,1H3,(H,10,11). The summed E-state index contributed by atoms with van der Waals surface area (Å²) < 4.78 is 16.2. The van der Waals surface area contributed by atoms with E-state index in [0.717, 1.165) is 11.3 Å². The topological polar surface area (TPSA) is 72.0 Å². The molecule has 0 saturated carbocycles. The molecule has 5 nitrogen and oxygen atoms in total. The fourth-order valence-electron chi connectivity index (χ4n) is 1.61. The molecule has 0 saturated heterocycles. The SMILES string of the molecule is CCOC(=O)c1n[nH]c2c1CCS(=O)C2. The van der Waals surface area contributed by atoms with Gasteiger partial charge in [-0.15, -0.1) is 0 Å². The van der Waals surface area contributed by atoms with Crippen molar-refractivity contribution >= 4 is 16.8 Å². The highest BCUT2D eigenvalue weighted by Gasteiger charge is 2.24. The Morgan fingerprint density at radius 1 is 1.67 bits per heavy atom. The van der Waals surface area contributed by atoms with Gasteiger partial charge in [-0.05, 0) is 13.3 Å². The van der Waals surface area contributed by atoms with Crippen molar-refractivity contribution in [3.63, 3.8) is 0 Å². The minimum absolute atomic E-state index is 0.340. The highest BCUT2D eigenvalue weighted by molar-refractivity contribution is 7.84. The lowest BCUT2D eigenvalue weighted by Crippen LogP contribution is -2.15. The van der Waals surface area contributed by atoms with Crippen LogP contribution in [0.5, 0.6) is 0 Å². The van der Waals surface area contributed by atoms with E-state index in [-0.39, 0.29) is 0 Å². The van der Waals surface area contributed by atoms with Gasteiger partial charge in [-0.1, -0.05) is 0 Å². The second-order valence-electron chi connectivity index (χ2n) is 3.29. The maximum absolute atomic E-state index is 11.5. The summed E-state index contributed by atoms with van der Waals surface area (Å²) in [6.07, 6.45) is 0.632. The first-order valence-corrected chi connectivity index (χ1v) is 6.29. The number of ether oxygens (including phenoxy) is 1. The molecule has 6 heteroatoms. The molecular formula is C9H12N2O3S. The van der Waals surface area contributed by atoms with Crippen LogP contribution in [-0.2, 0) is 27.7 Å². The van der Waals surface area contributed by atoms with Crippen LogP contribution in [0.2, 0.25) is 0 Å². The van der Waals surface area contributed by atoms with Gasteiger partial charge in [-0.3, -0.25) is 9.31 Å². The predicted octanol–water partition coefficient (Wildman–Crippen LogP) is 0.391. The minimum Gasteiger partial charge on any atom is -0.461 e. The van der Waals surface area contributed by atoms with E-state index in [1.54, 1.807) is 6.92 Å². The van der Waals surface area contributed by atoms with Crippen molar-refractivity contribution < 1.29 is 13.7 Å². The highest BCUT2D eigenvalue weighted by Crippen LogP contribution is 2.20. The van der Waals surface area contributed by atoms with Gasteiger partial charge in [0.2, 0.25) is 0 Å². The number of nitrogens with one attached hydrogen (secondary N) is 1. The van der Waals surface area contributed by atoms with Gasteiger partial charge in [-0.2, -0.15) is 5.10 Å². The molecule has 82 valence electrons. The van der Waals surface area contributed by atoms with Crippen molar-refractivity contribution in [2.45, 2.75) is 19.1 Å². The summed E-state index contributed by atoms with van der Waals surface area (Å²) in [5.74, 6) is 0.656. The summed E-state index contributed by atoms with van der Waals surface area (Å²) >= 11 is 0. The lowest BCUT2D eigenvalue weighted by molar-refractivity contribution is 0.0518. The summed E-state index contributed by atoms with van der Waals surface area (Å²) in [4.78, 5) is 11.5. The molecule has 1 N–H and O–H groups in total. The zero-order valence-electron chi connectivity index (χ0n) is 8.41. The smallest absolute Gasteiger partial charge is 0.359 e. The normalized spacial score (nSPS) is 19.7. The number of hydrogen-bond donors (Lipinski definition) is 1. The Labute approximate surface area is 89.7 Å². The quantitative estimate of drug-likeness (QED) is 0.743. The average Bonchev–Trinajstić information content (AvgIpc) is 2.60. The molecule has 2 rings (SSSR count). The third-order valence-corrected chi connectivity index (χ3v) is 3.58. The maximum Gasteiger partial charge on any atom is 0.359 e. The number of H-pyrrole nitrogens is 1. The van der Waals surface area contributed by atoms with Crippen LogP contribution >= 0.6 is 0 Å². The first-order valence-electron chi connectivity index (χ1n) is 4.80. The molecule has 0 bridgehead atoms. The number of nitrogens with zero attached hydrogens (tertiary/aromatic N) is 1. The molecule has 0 fully saturated rings. The molecule has 1 aliphatic heterocycles.